The summed E-state index contributed by atoms with van der Waals surface area (Å²) >= 11 is 9.78. The summed E-state index contributed by atoms with van der Waals surface area (Å²) in [5.41, 5.74) is 0.540. The van der Waals surface area contributed by atoms with E-state index in [4.69, 9.17) is 11.6 Å². The van der Waals surface area contributed by atoms with Gasteiger partial charge in [0.25, 0.3) is 0 Å². The quantitative estimate of drug-likeness (QED) is 0.754. The van der Waals surface area contributed by atoms with E-state index in [1.54, 1.807) is 6.07 Å². The highest BCUT2D eigenvalue weighted by molar-refractivity contribution is 7.81. The second-order valence-electron chi connectivity index (χ2n) is 3.46. The van der Waals surface area contributed by atoms with Crippen LogP contribution in [0.15, 0.2) is 18.2 Å². The molecule has 2 rings (SSSR count). The van der Waals surface area contributed by atoms with Crippen LogP contribution in [0, 0.1) is 5.82 Å². The molecule has 5 heteroatoms. The molecule has 0 radical (unpaired) electrons. The van der Waals surface area contributed by atoms with Gasteiger partial charge in [-0.25, -0.2) is 4.39 Å². The van der Waals surface area contributed by atoms with E-state index in [2.05, 4.69) is 12.6 Å². The van der Waals surface area contributed by atoms with Crippen molar-refractivity contribution < 1.29 is 9.18 Å². The Balaban J connectivity index is 2.30. The van der Waals surface area contributed by atoms with Crippen LogP contribution >= 0.6 is 24.2 Å². The Hall–Kier alpha value is -0.740. The molecular formula is C10H9ClFNOS. The van der Waals surface area contributed by atoms with Gasteiger partial charge in [0.1, 0.15) is 5.82 Å². The molecule has 1 aliphatic rings. The standard InChI is InChI=1S/C10H9ClFNOS/c11-8-2-1-6(3-9(8)12)13-5-7(15)4-10(13)14/h1-3,7,15H,4-5H2. The molecular weight excluding hydrogens is 237 g/mol. The fraction of sp³-hybridized carbons (Fsp3) is 0.300. The second-order valence-corrected chi connectivity index (χ2v) is 4.60. The van der Waals surface area contributed by atoms with E-state index in [9.17, 15) is 9.18 Å². The van der Waals surface area contributed by atoms with Crippen LogP contribution in [0.1, 0.15) is 6.42 Å². The summed E-state index contributed by atoms with van der Waals surface area (Å²) in [5.74, 6) is -0.540. The molecule has 1 heterocycles. The zero-order valence-corrected chi connectivity index (χ0v) is 9.43. The van der Waals surface area contributed by atoms with Gasteiger partial charge in [0.05, 0.1) is 5.02 Å². The summed E-state index contributed by atoms with van der Waals surface area (Å²) in [6.45, 7) is 0.517. The number of rotatable bonds is 1. The molecule has 1 aromatic carbocycles. The number of hydrogen-bond donors (Lipinski definition) is 1. The van der Waals surface area contributed by atoms with Crippen LogP contribution in [0.4, 0.5) is 10.1 Å². The number of hydrogen-bond acceptors (Lipinski definition) is 2. The van der Waals surface area contributed by atoms with Crippen molar-refractivity contribution >= 4 is 35.8 Å². The first kappa shape index (κ1) is 10.8. The molecule has 0 N–H and O–H groups in total. The average molecular weight is 246 g/mol. The predicted molar refractivity (Wildman–Crippen MR) is 61.2 cm³/mol. The van der Waals surface area contributed by atoms with Crippen molar-refractivity contribution in [2.45, 2.75) is 11.7 Å². The van der Waals surface area contributed by atoms with E-state index < -0.39 is 5.82 Å². The average Bonchev–Trinajstić information content (AvgIpc) is 2.50. The molecule has 0 aromatic heterocycles. The molecule has 1 atom stereocenters. The Bertz CT molecular complexity index is 412. The minimum atomic E-state index is -0.510. The van der Waals surface area contributed by atoms with Gasteiger partial charge < -0.3 is 4.90 Å². The number of amides is 1. The highest BCUT2D eigenvalue weighted by atomic mass is 35.5. The number of carbonyl (C=O) groups excluding carboxylic acids is 1. The van der Waals surface area contributed by atoms with Crippen molar-refractivity contribution in [3.8, 4) is 0 Å². The Morgan fingerprint density at radius 3 is 2.80 bits per heavy atom. The van der Waals surface area contributed by atoms with Crippen LogP contribution in [-0.4, -0.2) is 17.7 Å². The monoisotopic (exact) mass is 245 g/mol. The number of thiol groups is 1. The Kier molecular flexibility index (Phi) is 2.89. The Labute approximate surface area is 97.4 Å². The molecule has 1 aromatic rings. The lowest BCUT2D eigenvalue weighted by Gasteiger charge is -2.16. The van der Waals surface area contributed by atoms with Gasteiger partial charge in [-0.1, -0.05) is 11.6 Å². The van der Waals surface area contributed by atoms with Gasteiger partial charge in [-0.2, -0.15) is 12.6 Å². The predicted octanol–water partition coefficient (Wildman–Crippen LogP) is 2.51. The minimum Gasteiger partial charge on any atom is -0.311 e. The van der Waals surface area contributed by atoms with E-state index in [-0.39, 0.29) is 16.2 Å². The normalized spacial score (nSPS) is 21.1. The number of benzene rings is 1. The van der Waals surface area contributed by atoms with Crippen LogP contribution in [0.25, 0.3) is 0 Å². The number of carbonyl (C=O) groups is 1. The lowest BCUT2D eigenvalue weighted by atomic mass is 10.3. The highest BCUT2D eigenvalue weighted by Crippen LogP contribution is 2.27. The largest absolute Gasteiger partial charge is 0.311 e. The van der Waals surface area contributed by atoms with E-state index in [1.165, 1.54) is 17.0 Å². The highest BCUT2D eigenvalue weighted by Gasteiger charge is 2.28. The third-order valence-electron chi connectivity index (χ3n) is 2.32. The molecule has 0 bridgehead atoms. The van der Waals surface area contributed by atoms with Crippen LogP contribution in [0.5, 0.6) is 0 Å². The maximum absolute atomic E-state index is 13.2. The zero-order valence-electron chi connectivity index (χ0n) is 7.78. The summed E-state index contributed by atoms with van der Waals surface area (Å²) in [7, 11) is 0. The first-order valence-corrected chi connectivity index (χ1v) is 5.41. The van der Waals surface area contributed by atoms with E-state index >= 15 is 0 Å². The molecule has 2 nitrogen and oxygen atoms in total. The van der Waals surface area contributed by atoms with Crippen LogP contribution < -0.4 is 4.90 Å². The molecule has 1 unspecified atom stereocenters. The van der Waals surface area contributed by atoms with Crippen molar-refractivity contribution in [3.05, 3.63) is 29.0 Å². The van der Waals surface area contributed by atoms with Crippen molar-refractivity contribution in [1.29, 1.82) is 0 Å². The molecule has 1 fully saturated rings. The van der Waals surface area contributed by atoms with Gasteiger partial charge in [-0.3, -0.25) is 4.79 Å². The lowest BCUT2D eigenvalue weighted by Crippen LogP contribution is -2.24. The first-order valence-electron chi connectivity index (χ1n) is 4.51. The molecule has 1 aliphatic heterocycles. The maximum Gasteiger partial charge on any atom is 0.228 e. The van der Waals surface area contributed by atoms with Crippen molar-refractivity contribution in [2.75, 3.05) is 11.4 Å². The zero-order chi connectivity index (χ0) is 11.0. The van der Waals surface area contributed by atoms with Gasteiger partial charge in [0, 0.05) is 23.9 Å². The van der Waals surface area contributed by atoms with Crippen LogP contribution in [-0.2, 0) is 4.79 Å². The van der Waals surface area contributed by atoms with Crippen molar-refractivity contribution in [1.82, 2.24) is 0 Å². The van der Waals surface area contributed by atoms with E-state index in [1.807, 2.05) is 0 Å². The smallest absolute Gasteiger partial charge is 0.228 e. The summed E-state index contributed by atoms with van der Waals surface area (Å²) in [4.78, 5) is 13.0. The summed E-state index contributed by atoms with van der Waals surface area (Å²) in [6.07, 6.45) is 0.396. The second kappa shape index (κ2) is 4.02. The molecule has 1 amide bonds. The molecule has 80 valence electrons. The van der Waals surface area contributed by atoms with Gasteiger partial charge in [-0.05, 0) is 18.2 Å². The number of anilines is 1. The van der Waals surface area contributed by atoms with Gasteiger partial charge in [0.15, 0.2) is 0 Å². The van der Waals surface area contributed by atoms with Gasteiger partial charge in [0.2, 0.25) is 5.91 Å². The maximum atomic E-state index is 13.2. The van der Waals surface area contributed by atoms with Crippen LogP contribution in [0.3, 0.4) is 0 Å². The Morgan fingerprint density at radius 1 is 1.53 bits per heavy atom. The molecule has 0 aliphatic carbocycles. The van der Waals surface area contributed by atoms with Gasteiger partial charge >= 0.3 is 0 Å². The minimum absolute atomic E-state index is 0.0243. The molecule has 1 saturated heterocycles. The first-order chi connectivity index (χ1) is 7.08. The molecule has 0 spiro atoms. The fourth-order valence-corrected chi connectivity index (χ4v) is 2.03. The summed E-state index contributed by atoms with van der Waals surface area (Å²) in [6, 6.07) is 4.35. The van der Waals surface area contributed by atoms with Crippen molar-refractivity contribution in [3.63, 3.8) is 0 Å². The SMILES string of the molecule is O=C1CC(S)CN1c1ccc(Cl)c(F)c1. The third-order valence-corrected chi connectivity index (χ3v) is 2.97. The molecule has 15 heavy (non-hydrogen) atoms. The fourth-order valence-electron chi connectivity index (χ4n) is 1.59. The number of halogens is 2. The number of nitrogens with zero attached hydrogens (tertiary/aromatic N) is 1. The van der Waals surface area contributed by atoms with Gasteiger partial charge in [-0.15, -0.1) is 0 Å². The third kappa shape index (κ3) is 2.11. The van der Waals surface area contributed by atoms with Crippen LogP contribution in [0.2, 0.25) is 5.02 Å². The topological polar surface area (TPSA) is 20.3 Å². The summed E-state index contributed by atoms with van der Waals surface area (Å²) in [5, 5.41) is 0.0871. The van der Waals surface area contributed by atoms with Crippen molar-refractivity contribution in [2.24, 2.45) is 0 Å². The van der Waals surface area contributed by atoms with E-state index in [0.29, 0.717) is 18.7 Å². The van der Waals surface area contributed by atoms with E-state index in [0.717, 1.165) is 0 Å². The lowest BCUT2D eigenvalue weighted by molar-refractivity contribution is -0.117. The summed E-state index contributed by atoms with van der Waals surface area (Å²) < 4.78 is 13.2. The molecule has 0 saturated carbocycles. The Morgan fingerprint density at radius 2 is 2.27 bits per heavy atom.